The van der Waals surface area contributed by atoms with Gasteiger partial charge in [0.25, 0.3) is 5.91 Å². The zero-order chi connectivity index (χ0) is 36.5. The highest BCUT2D eigenvalue weighted by molar-refractivity contribution is 7.99. The number of para-hydroxylation sites is 1. The Bertz CT molecular complexity index is 2200. The lowest BCUT2D eigenvalue weighted by Gasteiger charge is -2.32. The number of nitrogen functional groups attached to an aromatic ring is 1. The van der Waals surface area contributed by atoms with E-state index < -0.39 is 11.9 Å². The summed E-state index contributed by atoms with van der Waals surface area (Å²) in [6, 6.07) is 22.3. The maximum Gasteiger partial charge on any atom is 0.255 e. The molecule has 5 aromatic rings. The molecule has 4 amide bonds. The number of fused-ring (bicyclic) bond motifs is 2. The molecule has 14 heteroatoms. The highest BCUT2D eigenvalue weighted by Gasteiger charge is 2.40. The van der Waals surface area contributed by atoms with Gasteiger partial charge in [-0.3, -0.25) is 24.5 Å². The first-order valence-electron chi connectivity index (χ1n) is 17.8. The molecule has 1 unspecified atom stereocenters. The molecular formula is C39H38N8O5S. The average molecular weight is 731 g/mol. The summed E-state index contributed by atoms with van der Waals surface area (Å²) in [6.45, 7) is 1.56. The Balaban J connectivity index is 0.862. The van der Waals surface area contributed by atoms with Gasteiger partial charge in [-0.15, -0.1) is 11.8 Å². The summed E-state index contributed by atoms with van der Waals surface area (Å²) >= 11 is 1.62. The number of piperidine rings is 2. The van der Waals surface area contributed by atoms with Crippen molar-refractivity contribution in [1.82, 2.24) is 34.9 Å². The summed E-state index contributed by atoms with van der Waals surface area (Å²) < 4.78 is 7.91. The number of amides is 4. The minimum absolute atomic E-state index is 0.0449. The number of rotatable bonds is 10. The Morgan fingerprint density at radius 3 is 2.47 bits per heavy atom. The maximum atomic E-state index is 13.3. The van der Waals surface area contributed by atoms with Crippen molar-refractivity contribution in [3.8, 4) is 22.8 Å². The molecule has 5 heterocycles. The number of carbonyl (C=O) groups is 4. The fourth-order valence-corrected chi connectivity index (χ4v) is 8.41. The predicted octanol–water partition coefficient (Wildman–Crippen LogP) is 5.36. The van der Waals surface area contributed by atoms with Crippen molar-refractivity contribution < 1.29 is 23.9 Å². The van der Waals surface area contributed by atoms with Crippen LogP contribution in [0.25, 0.3) is 22.3 Å². The minimum atomic E-state index is -0.647. The number of aromatic nitrogens is 4. The summed E-state index contributed by atoms with van der Waals surface area (Å²) in [5.74, 6) is 1.76. The van der Waals surface area contributed by atoms with E-state index in [9.17, 15) is 19.2 Å². The van der Waals surface area contributed by atoms with Gasteiger partial charge in [0.1, 0.15) is 35.4 Å². The summed E-state index contributed by atoms with van der Waals surface area (Å²) in [5, 5.41) is 8.07. The molecule has 1 atom stereocenters. The van der Waals surface area contributed by atoms with Crippen molar-refractivity contribution >= 4 is 52.2 Å². The van der Waals surface area contributed by atoms with E-state index in [4.69, 9.17) is 15.6 Å². The van der Waals surface area contributed by atoms with Crippen molar-refractivity contribution in [3.63, 3.8) is 0 Å². The minimum Gasteiger partial charge on any atom is -0.457 e. The molecule has 2 fully saturated rings. The van der Waals surface area contributed by atoms with Gasteiger partial charge in [-0.2, -0.15) is 5.10 Å². The van der Waals surface area contributed by atoms with Gasteiger partial charge in [0.2, 0.25) is 17.7 Å². The number of anilines is 1. The van der Waals surface area contributed by atoms with Crippen LogP contribution in [-0.2, 0) is 20.9 Å². The second-order valence-electron chi connectivity index (χ2n) is 13.4. The zero-order valence-corrected chi connectivity index (χ0v) is 29.8. The highest BCUT2D eigenvalue weighted by atomic mass is 32.2. The lowest BCUT2D eigenvalue weighted by Crippen LogP contribution is -2.52. The lowest BCUT2D eigenvalue weighted by atomic mass is 10.0. The molecule has 0 spiro atoms. The number of nitrogens with zero attached hydrogens (tertiary/aromatic N) is 6. The number of thioether (sulfide) groups is 1. The van der Waals surface area contributed by atoms with Crippen LogP contribution in [0.5, 0.6) is 11.5 Å². The summed E-state index contributed by atoms with van der Waals surface area (Å²) in [5.41, 5.74) is 10.1. The molecule has 2 saturated heterocycles. The Morgan fingerprint density at radius 1 is 0.925 bits per heavy atom. The Kier molecular flexibility index (Phi) is 9.52. The number of nitrogens with two attached hydrogens (primary N) is 1. The second-order valence-corrected chi connectivity index (χ2v) is 14.6. The third-order valence-corrected chi connectivity index (χ3v) is 11.3. The van der Waals surface area contributed by atoms with Gasteiger partial charge in [0.05, 0.1) is 11.4 Å². The molecule has 2 aromatic heterocycles. The maximum absolute atomic E-state index is 13.3. The molecule has 0 radical (unpaired) electrons. The zero-order valence-electron chi connectivity index (χ0n) is 28.9. The quantitative estimate of drug-likeness (QED) is 0.109. The molecule has 3 aliphatic heterocycles. The van der Waals surface area contributed by atoms with Crippen LogP contribution in [0.3, 0.4) is 0 Å². The molecule has 8 rings (SSSR count). The van der Waals surface area contributed by atoms with Gasteiger partial charge in [-0.25, -0.2) is 14.6 Å². The molecule has 3 aromatic carbocycles. The Morgan fingerprint density at radius 2 is 1.70 bits per heavy atom. The normalized spacial score (nSPS) is 17.7. The first-order chi connectivity index (χ1) is 25.8. The van der Waals surface area contributed by atoms with Crippen LogP contribution in [0.15, 0.2) is 84.0 Å². The standard InChI is InChI=1S/C39H38N8O5S/c40-36-34-35(24-11-13-27(14-12-24)52-26-6-2-1-3-7-26)44-47(37(34)42-23-41-36)25-17-19-45(20-18-25)33(49)10-5-21-53-31-9-4-8-28-29(31)22-46(39(28)51)30-15-16-32(48)43-38(30)50/h1-4,6-9,11-14,23,25,30H,5,10,15-22H2,(H2,40,41,42)(H,43,48,50). The lowest BCUT2D eigenvalue weighted by molar-refractivity contribution is -0.137. The van der Waals surface area contributed by atoms with Crippen LogP contribution in [-0.4, -0.2) is 78.1 Å². The van der Waals surface area contributed by atoms with Crippen LogP contribution < -0.4 is 15.8 Å². The van der Waals surface area contributed by atoms with E-state index in [1.165, 1.54) is 6.33 Å². The molecule has 0 saturated carbocycles. The van der Waals surface area contributed by atoms with E-state index in [1.807, 2.05) is 76.3 Å². The smallest absolute Gasteiger partial charge is 0.255 e. The van der Waals surface area contributed by atoms with Gasteiger partial charge in [-0.05, 0) is 85.5 Å². The summed E-state index contributed by atoms with van der Waals surface area (Å²) in [7, 11) is 0. The molecule has 270 valence electrons. The topological polar surface area (TPSA) is 166 Å². The molecule has 53 heavy (non-hydrogen) atoms. The third-order valence-electron chi connectivity index (χ3n) is 10.1. The van der Waals surface area contributed by atoms with E-state index in [1.54, 1.807) is 22.7 Å². The fraction of sp³-hybridized carbons (Fsp3) is 0.308. The monoisotopic (exact) mass is 730 g/mol. The number of hydrogen-bond acceptors (Lipinski definition) is 10. The largest absolute Gasteiger partial charge is 0.457 e. The van der Waals surface area contributed by atoms with Gasteiger partial charge in [-0.1, -0.05) is 24.3 Å². The highest BCUT2D eigenvalue weighted by Crippen LogP contribution is 2.37. The molecule has 3 N–H and O–H groups in total. The van der Waals surface area contributed by atoms with Crippen molar-refractivity contribution in [1.29, 1.82) is 0 Å². The van der Waals surface area contributed by atoms with Crippen molar-refractivity contribution in [2.75, 3.05) is 24.6 Å². The van der Waals surface area contributed by atoms with Gasteiger partial charge in [0, 0.05) is 48.5 Å². The fourth-order valence-electron chi connectivity index (χ4n) is 7.37. The number of ether oxygens (including phenoxy) is 1. The van der Waals surface area contributed by atoms with Crippen LogP contribution in [0, 0.1) is 0 Å². The van der Waals surface area contributed by atoms with Gasteiger partial charge >= 0.3 is 0 Å². The Hall–Kier alpha value is -5.76. The molecular weight excluding hydrogens is 693 g/mol. The molecule has 0 aliphatic carbocycles. The molecule has 13 nitrogen and oxygen atoms in total. The molecule has 0 bridgehead atoms. The van der Waals surface area contributed by atoms with Crippen LogP contribution in [0.4, 0.5) is 5.82 Å². The van der Waals surface area contributed by atoms with Crippen molar-refractivity contribution in [2.24, 2.45) is 0 Å². The number of carbonyl (C=O) groups excluding carboxylic acids is 4. The number of imide groups is 1. The van der Waals surface area contributed by atoms with Crippen molar-refractivity contribution in [3.05, 3.63) is 90.3 Å². The summed E-state index contributed by atoms with van der Waals surface area (Å²) in [6.07, 6.45) is 4.60. The SMILES string of the molecule is Nc1ncnc2c1c(-c1ccc(Oc3ccccc3)cc1)nn2C1CCN(C(=O)CCCSc2cccc3c2CN(C2CCC(=O)NC2=O)C3=O)CC1. The van der Waals surface area contributed by atoms with Crippen LogP contribution >= 0.6 is 11.8 Å². The summed E-state index contributed by atoms with van der Waals surface area (Å²) in [4.78, 5) is 63.8. The van der Waals surface area contributed by atoms with E-state index in [0.29, 0.717) is 78.5 Å². The molecule has 3 aliphatic rings. The van der Waals surface area contributed by atoms with E-state index in [2.05, 4.69) is 15.3 Å². The predicted molar refractivity (Wildman–Crippen MR) is 199 cm³/mol. The Labute approximate surface area is 309 Å². The van der Waals surface area contributed by atoms with E-state index in [0.717, 1.165) is 34.6 Å². The van der Waals surface area contributed by atoms with E-state index >= 15 is 0 Å². The number of likely N-dealkylation sites (tertiary alicyclic amines) is 1. The number of nitrogens with one attached hydrogen (secondary N) is 1. The van der Waals surface area contributed by atoms with Gasteiger partial charge < -0.3 is 20.3 Å². The van der Waals surface area contributed by atoms with Crippen LogP contribution in [0.2, 0.25) is 0 Å². The second kappa shape index (κ2) is 14.7. The van der Waals surface area contributed by atoms with Crippen molar-refractivity contribution in [2.45, 2.75) is 62.0 Å². The number of hydrogen-bond donors (Lipinski definition) is 2. The van der Waals surface area contributed by atoms with E-state index in [-0.39, 0.29) is 30.2 Å². The van der Waals surface area contributed by atoms with Gasteiger partial charge in [0.15, 0.2) is 5.65 Å². The first kappa shape index (κ1) is 34.3. The number of benzene rings is 3. The first-order valence-corrected chi connectivity index (χ1v) is 18.8. The average Bonchev–Trinajstić information content (AvgIpc) is 3.73. The van der Waals surface area contributed by atoms with Crippen LogP contribution in [0.1, 0.15) is 60.5 Å². The third kappa shape index (κ3) is 6.93.